The van der Waals surface area contributed by atoms with Gasteiger partial charge in [-0.2, -0.15) is 0 Å². The molecule has 0 atom stereocenters. The number of hydrogen-bond donors (Lipinski definition) is 1. The molecule has 1 amide bonds. The van der Waals surface area contributed by atoms with E-state index in [1.54, 1.807) is 27.6 Å². The molecule has 8 heteroatoms. The van der Waals surface area contributed by atoms with E-state index in [9.17, 15) is 4.79 Å². The Balaban J connectivity index is 1.47. The number of rotatable bonds is 11. The molecule has 0 bridgehead atoms. The van der Waals surface area contributed by atoms with Crippen molar-refractivity contribution in [3.63, 3.8) is 0 Å². The SMILES string of the molecule is CN(C)NCc1cccc(OCCOC(=O)N(Cc2cccs2)Cc2cccs2)c1. The normalized spacial score (nSPS) is 10.9. The minimum atomic E-state index is -0.329. The zero-order chi connectivity index (χ0) is 21.2. The van der Waals surface area contributed by atoms with E-state index in [1.165, 1.54) is 0 Å². The van der Waals surface area contributed by atoms with Gasteiger partial charge in [0, 0.05) is 30.4 Å². The summed E-state index contributed by atoms with van der Waals surface area (Å²) in [6.07, 6.45) is -0.329. The third kappa shape index (κ3) is 7.46. The lowest BCUT2D eigenvalue weighted by Crippen LogP contribution is -2.31. The highest BCUT2D eigenvalue weighted by Gasteiger charge is 2.17. The highest BCUT2D eigenvalue weighted by molar-refractivity contribution is 7.10. The fourth-order valence-electron chi connectivity index (χ4n) is 2.74. The Kier molecular flexibility index (Phi) is 8.70. The molecule has 0 fully saturated rings. The van der Waals surface area contributed by atoms with Crippen molar-refractivity contribution in [2.45, 2.75) is 19.6 Å². The van der Waals surface area contributed by atoms with E-state index in [4.69, 9.17) is 9.47 Å². The number of ether oxygens (including phenoxy) is 2. The number of amides is 1. The van der Waals surface area contributed by atoms with Gasteiger partial charge in [-0.3, -0.25) is 15.3 Å². The van der Waals surface area contributed by atoms with Crippen molar-refractivity contribution in [2.24, 2.45) is 0 Å². The van der Waals surface area contributed by atoms with Crippen LogP contribution in [0, 0.1) is 0 Å². The molecule has 0 unspecified atom stereocenters. The Labute approximate surface area is 185 Å². The summed E-state index contributed by atoms with van der Waals surface area (Å²) < 4.78 is 11.2. The molecule has 0 aliphatic carbocycles. The summed E-state index contributed by atoms with van der Waals surface area (Å²) in [4.78, 5) is 16.6. The number of carbonyl (C=O) groups excluding carboxylic acids is 1. The quantitative estimate of drug-likeness (QED) is 0.345. The molecule has 0 saturated heterocycles. The van der Waals surface area contributed by atoms with Gasteiger partial charge in [-0.05, 0) is 40.6 Å². The van der Waals surface area contributed by atoms with Crippen molar-refractivity contribution in [1.29, 1.82) is 0 Å². The first-order chi connectivity index (χ1) is 14.6. The number of carbonyl (C=O) groups is 1. The molecule has 2 aromatic heterocycles. The molecule has 0 aliphatic heterocycles. The number of nitrogens with one attached hydrogen (secondary N) is 1. The van der Waals surface area contributed by atoms with Crippen molar-refractivity contribution >= 4 is 28.8 Å². The van der Waals surface area contributed by atoms with Crippen LogP contribution in [0.3, 0.4) is 0 Å². The molecule has 0 aliphatic rings. The predicted molar refractivity (Wildman–Crippen MR) is 122 cm³/mol. The molecule has 1 aromatic carbocycles. The summed E-state index contributed by atoms with van der Waals surface area (Å²) in [6, 6.07) is 15.9. The number of hydrogen-bond acceptors (Lipinski definition) is 7. The van der Waals surface area contributed by atoms with Gasteiger partial charge in [0.25, 0.3) is 0 Å². The molecule has 1 N–H and O–H groups in total. The minimum Gasteiger partial charge on any atom is -0.490 e. The summed E-state index contributed by atoms with van der Waals surface area (Å²) in [5.41, 5.74) is 4.35. The number of thiophene rings is 2. The van der Waals surface area contributed by atoms with E-state index in [2.05, 4.69) is 5.43 Å². The second-order valence-electron chi connectivity index (χ2n) is 6.85. The third-order valence-electron chi connectivity index (χ3n) is 4.19. The molecule has 160 valence electrons. The highest BCUT2D eigenvalue weighted by atomic mass is 32.1. The Bertz CT molecular complexity index is 847. The maximum Gasteiger partial charge on any atom is 0.410 e. The molecule has 3 rings (SSSR count). The number of nitrogens with zero attached hydrogens (tertiary/aromatic N) is 2. The largest absolute Gasteiger partial charge is 0.490 e. The lowest BCUT2D eigenvalue weighted by molar-refractivity contribution is 0.0842. The van der Waals surface area contributed by atoms with Crippen LogP contribution < -0.4 is 10.2 Å². The van der Waals surface area contributed by atoms with Crippen LogP contribution in [-0.2, 0) is 24.4 Å². The summed E-state index contributed by atoms with van der Waals surface area (Å²) in [5, 5.41) is 5.94. The molecule has 3 aromatic rings. The van der Waals surface area contributed by atoms with Gasteiger partial charge in [0.15, 0.2) is 0 Å². The number of hydrazine groups is 1. The van der Waals surface area contributed by atoms with Crippen molar-refractivity contribution in [1.82, 2.24) is 15.3 Å². The maximum atomic E-state index is 12.7. The molecule has 0 saturated carbocycles. The Morgan fingerprint density at radius 3 is 2.27 bits per heavy atom. The van der Waals surface area contributed by atoms with Crippen LogP contribution in [0.25, 0.3) is 0 Å². The Hall–Kier alpha value is -2.39. The molecule has 0 spiro atoms. The van der Waals surface area contributed by atoms with Crippen LogP contribution in [0.5, 0.6) is 5.75 Å². The van der Waals surface area contributed by atoms with Gasteiger partial charge in [0.1, 0.15) is 19.0 Å². The fraction of sp³-hybridized carbons (Fsp3) is 0.318. The highest BCUT2D eigenvalue weighted by Crippen LogP contribution is 2.18. The molecular formula is C22H27N3O3S2. The van der Waals surface area contributed by atoms with E-state index in [-0.39, 0.29) is 12.7 Å². The topological polar surface area (TPSA) is 54.0 Å². The fourth-order valence-corrected chi connectivity index (χ4v) is 4.18. The maximum absolute atomic E-state index is 12.7. The Morgan fingerprint density at radius 1 is 0.967 bits per heavy atom. The van der Waals surface area contributed by atoms with Gasteiger partial charge in [-0.25, -0.2) is 4.79 Å². The van der Waals surface area contributed by atoms with Crippen LogP contribution in [0.1, 0.15) is 15.3 Å². The molecular weight excluding hydrogens is 418 g/mol. The standard InChI is InChI=1S/C22H27N3O3S2/c1-24(2)23-15-18-6-3-7-19(14-18)27-10-11-28-22(26)25(16-20-8-4-12-29-20)17-21-9-5-13-30-21/h3-9,12-14,23H,10-11,15-17H2,1-2H3. The summed E-state index contributed by atoms with van der Waals surface area (Å²) in [7, 11) is 3.91. The third-order valence-corrected chi connectivity index (χ3v) is 5.91. The first-order valence-corrected chi connectivity index (χ1v) is 11.4. The predicted octanol–water partition coefficient (Wildman–Crippen LogP) is 4.59. The van der Waals surface area contributed by atoms with E-state index in [0.717, 1.165) is 27.6 Å². The van der Waals surface area contributed by atoms with Crippen LogP contribution in [0.15, 0.2) is 59.3 Å². The summed E-state index contributed by atoms with van der Waals surface area (Å²) >= 11 is 3.27. The van der Waals surface area contributed by atoms with Gasteiger partial charge in [-0.1, -0.05) is 24.3 Å². The monoisotopic (exact) mass is 445 g/mol. The molecule has 30 heavy (non-hydrogen) atoms. The molecule has 2 heterocycles. The molecule has 0 radical (unpaired) electrons. The van der Waals surface area contributed by atoms with Crippen molar-refractivity contribution in [3.8, 4) is 5.75 Å². The summed E-state index contributed by atoms with van der Waals surface area (Å²) in [5.74, 6) is 0.762. The average molecular weight is 446 g/mol. The van der Waals surface area contributed by atoms with Gasteiger partial charge in [0.2, 0.25) is 0 Å². The van der Waals surface area contributed by atoms with E-state index >= 15 is 0 Å². The van der Waals surface area contributed by atoms with Gasteiger partial charge >= 0.3 is 6.09 Å². The van der Waals surface area contributed by atoms with Crippen molar-refractivity contribution in [3.05, 3.63) is 74.6 Å². The van der Waals surface area contributed by atoms with Crippen LogP contribution in [0.4, 0.5) is 4.79 Å². The van der Waals surface area contributed by atoms with Gasteiger partial charge < -0.3 is 9.47 Å². The van der Waals surface area contributed by atoms with Crippen LogP contribution >= 0.6 is 22.7 Å². The lowest BCUT2D eigenvalue weighted by atomic mass is 10.2. The second kappa shape index (κ2) is 11.7. The van der Waals surface area contributed by atoms with E-state index in [0.29, 0.717) is 19.7 Å². The Morgan fingerprint density at radius 2 is 1.67 bits per heavy atom. The van der Waals surface area contributed by atoms with Crippen molar-refractivity contribution < 1.29 is 14.3 Å². The first kappa shape index (κ1) is 22.3. The van der Waals surface area contributed by atoms with Crippen molar-refractivity contribution in [2.75, 3.05) is 27.3 Å². The zero-order valence-electron chi connectivity index (χ0n) is 17.2. The lowest BCUT2D eigenvalue weighted by Gasteiger charge is -2.21. The first-order valence-electron chi connectivity index (χ1n) is 9.69. The minimum absolute atomic E-state index is 0.199. The van der Waals surface area contributed by atoms with Gasteiger partial charge in [0.05, 0.1) is 13.1 Å². The van der Waals surface area contributed by atoms with E-state index in [1.807, 2.05) is 78.4 Å². The average Bonchev–Trinajstić information content (AvgIpc) is 3.44. The van der Waals surface area contributed by atoms with E-state index < -0.39 is 0 Å². The van der Waals surface area contributed by atoms with Crippen LogP contribution in [-0.4, -0.2) is 43.3 Å². The van der Waals surface area contributed by atoms with Crippen LogP contribution in [0.2, 0.25) is 0 Å². The molecule has 6 nitrogen and oxygen atoms in total. The second-order valence-corrected chi connectivity index (χ2v) is 8.92. The summed E-state index contributed by atoms with van der Waals surface area (Å²) in [6.45, 7) is 2.30. The number of benzene rings is 1. The van der Waals surface area contributed by atoms with Gasteiger partial charge in [-0.15, -0.1) is 22.7 Å². The smallest absolute Gasteiger partial charge is 0.410 e. The zero-order valence-corrected chi connectivity index (χ0v) is 18.9.